The van der Waals surface area contributed by atoms with Crippen LogP contribution in [0, 0.1) is 0 Å². The van der Waals surface area contributed by atoms with Crippen molar-refractivity contribution in [2.75, 3.05) is 32.8 Å². The highest BCUT2D eigenvalue weighted by molar-refractivity contribution is 5.86. The Hall–Kier alpha value is -1.83. The SMILES string of the molecule is CCCN(CCO)C(=O)NCC(=O)NCC(=O)O. The Labute approximate surface area is 105 Å². The first-order valence-corrected chi connectivity index (χ1v) is 5.63. The number of carboxylic acids is 1. The lowest BCUT2D eigenvalue weighted by Crippen LogP contribution is -2.46. The lowest BCUT2D eigenvalue weighted by molar-refractivity contribution is -0.137. The number of rotatable bonds is 8. The van der Waals surface area contributed by atoms with E-state index in [1.807, 2.05) is 6.92 Å². The van der Waals surface area contributed by atoms with Gasteiger partial charge in [0.2, 0.25) is 5.91 Å². The zero-order chi connectivity index (χ0) is 14.0. The van der Waals surface area contributed by atoms with Gasteiger partial charge in [0.05, 0.1) is 13.2 Å². The van der Waals surface area contributed by atoms with Gasteiger partial charge in [0.25, 0.3) is 0 Å². The molecule has 0 saturated carbocycles. The van der Waals surface area contributed by atoms with E-state index in [2.05, 4.69) is 10.6 Å². The highest BCUT2D eigenvalue weighted by Gasteiger charge is 2.12. The second-order valence-electron chi connectivity index (χ2n) is 3.54. The maximum absolute atomic E-state index is 11.6. The third-order valence-electron chi connectivity index (χ3n) is 1.99. The molecule has 104 valence electrons. The maximum atomic E-state index is 11.6. The molecule has 0 aromatic carbocycles. The topological polar surface area (TPSA) is 119 Å². The number of nitrogens with zero attached hydrogens (tertiary/aromatic N) is 1. The molecule has 0 fully saturated rings. The van der Waals surface area contributed by atoms with E-state index >= 15 is 0 Å². The summed E-state index contributed by atoms with van der Waals surface area (Å²) in [4.78, 5) is 34.3. The molecule has 0 aliphatic carbocycles. The van der Waals surface area contributed by atoms with Crippen LogP contribution < -0.4 is 10.6 Å². The van der Waals surface area contributed by atoms with Crippen molar-refractivity contribution < 1.29 is 24.6 Å². The molecule has 0 bridgehead atoms. The van der Waals surface area contributed by atoms with Crippen molar-refractivity contribution in [3.63, 3.8) is 0 Å². The quantitative estimate of drug-likeness (QED) is 0.428. The summed E-state index contributed by atoms with van der Waals surface area (Å²) >= 11 is 0. The molecule has 0 aromatic heterocycles. The van der Waals surface area contributed by atoms with E-state index in [0.717, 1.165) is 6.42 Å². The van der Waals surface area contributed by atoms with Gasteiger partial charge in [-0.1, -0.05) is 6.92 Å². The van der Waals surface area contributed by atoms with Crippen LogP contribution in [-0.4, -0.2) is 65.8 Å². The van der Waals surface area contributed by atoms with Crippen LogP contribution in [0.5, 0.6) is 0 Å². The number of carboxylic acid groups (broad SMARTS) is 1. The first-order chi connectivity index (χ1) is 8.51. The summed E-state index contributed by atoms with van der Waals surface area (Å²) in [6.07, 6.45) is 0.735. The number of aliphatic hydroxyl groups is 1. The molecule has 8 nitrogen and oxygen atoms in total. The fourth-order valence-electron chi connectivity index (χ4n) is 1.21. The van der Waals surface area contributed by atoms with Gasteiger partial charge in [0, 0.05) is 13.1 Å². The Balaban J connectivity index is 3.98. The summed E-state index contributed by atoms with van der Waals surface area (Å²) in [5.41, 5.74) is 0. The van der Waals surface area contributed by atoms with Crippen LogP contribution in [0.4, 0.5) is 4.79 Å². The van der Waals surface area contributed by atoms with Gasteiger partial charge in [0.15, 0.2) is 0 Å². The van der Waals surface area contributed by atoms with E-state index in [4.69, 9.17) is 10.2 Å². The molecule has 4 N–H and O–H groups in total. The number of urea groups is 1. The van der Waals surface area contributed by atoms with Crippen LogP contribution in [0.25, 0.3) is 0 Å². The Morgan fingerprint density at radius 1 is 1.11 bits per heavy atom. The summed E-state index contributed by atoms with van der Waals surface area (Å²) < 4.78 is 0. The number of aliphatic hydroxyl groups excluding tert-OH is 1. The predicted octanol–water partition coefficient (Wildman–Crippen LogP) is -1.40. The van der Waals surface area contributed by atoms with Crippen LogP contribution in [-0.2, 0) is 9.59 Å². The van der Waals surface area contributed by atoms with Crippen LogP contribution in [0.3, 0.4) is 0 Å². The maximum Gasteiger partial charge on any atom is 0.322 e. The monoisotopic (exact) mass is 261 g/mol. The van der Waals surface area contributed by atoms with Crippen molar-refractivity contribution in [2.24, 2.45) is 0 Å². The predicted molar refractivity (Wildman–Crippen MR) is 63.0 cm³/mol. The van der Waals surface area contributed by atoms with Crippen molar-refractivity contribution in [1.82, 2.24) is 15.5 Å². The number of carbonyl (C=O) groups excluding carboxylic acids is 2. The van der Waals surface area contributed by atoms with E-state index < -0.39 is 24.5 Å². The number of carbonyl (C=O) groups is 3. The second kappa shape index (κ2) is 9.23. The van der Waals surface area contributed by atoms with Crippen molar-refractivity contribution in [3.8, 4) is 0 Å². The Morgan fingerprint density at radius 3 is 2.28 bits per heavy atom. The minimum absolute atomic E-state index is 0.154. The first-order valence-electron chi connectivity index (χ1n) is 5.63. The van der Waals surface area contributed by atoms with Gasteiger partial charge in [-0.2, -0.15) is 0 Å². The van der Waals surface area contributed by atoms with Crippen LogP contribution in [0.2, 0.25) is 0 Å². The molecular weight excluding hydrogens is 242 g/mol. The molecule has 0 aliphatic heterocycles. The molecular formula is C10H19N3O5. The Morgan fingerprint density at radius 2 is 1.78 bits per heavy atom. The third kappa shape index (κ3) is 7.44. The summed E-state index contributed by atoms with van der Waals surface area (Å²) in [6.45, 7) is 1.62. The van der Waals surface area contributed by atoms with E-state index in [9.17, 15) is 14.4 Å². The molecule has 0 aliphatic rings. The highest BCUT2D eigenvalue weighted by Crippen LogP contribution is 1.91. The average molecular weight is 261 g/mol. The fourth-order valence-corrected chi connectivity index (χ4v) is 1.21. The van der Waals surface area contributed by atoms with Gasteiger partial charge in [-0.05, 0) is 6.42 Å². The smallest absolute Gasteiger partial charge is 0.322 e. The largest absolute Gasteiger partial charge is 0.480 e. The van der Waals surface area contributed by atoms with Crippen molar-refractivity contribution in [2.45, 2.75) is 13.3 Å². The van der Waals surface area contributed by atoms with E-state index in [1.54, 1.807) is 0 Å². The number of aliphatic carboxylic acids is 1. The molecule has 0 rings (SSSR count). The Bertz CT molecular complexity index is 289. The lowest BCUT2D eigenvalue weighted by Gasteiger charge is -2.21. The van der Waals surface area contributed by atoms with Gasteiger partial charge in [0.1, 0.15) is 6.54 Å². The number of nitrogens with one attached hydrogen (secondary N) is 2. The lowest BCUT2D eigenvalue weighted by atomic mass is 10.4. The van der Waals surface area contributed by atoms with Gasteiger partial charge in [-0.3, -0.25) is 9.59 Å². The summed E-state index contributed by atoms with van der Waals surface area (Å²) in [5, 5.41) is 21.6. The normalized spacial score (nSPS) is 9.67. The van der Waals surface area contributed by atoms with Crippen molar-refractivity contribution in [1.29, 1.82) is 0 Å². The molecule has 0 spiro atoms. The minimum atomic E-state index is -1.15. The fraction of sp³-hybridized carbons (Fsp3) is 0.700. The Kier molecular flexibility index (Phi) is 8.29. The van der Waals surface area contributed by atoms with Gasteiger partial charge < -0.3 is 25.7 Å². The van der Waals surface area contributed by atoms with E-state index in [0.29, 0.717) is 6.54 Å². The molecule has 18 heavy (non-hydrogen) atoms. The molecule has 0 heterocycles. The standard InChI is InChI=1S/C10H19N3O5/c1-2-3-13(4-5-14)10(18)12-6-8(15)11-7-9(16)17/h14H,2-7H2,1H3,(H,11,15)(H,12,18)(H,16,17). The number of hydrogen-bond donors (Lipinski definition) is 4. The number of hydrogen-bond acceptors (Lipinski definition) is 4. The molecule has 0 unspecified atom stereocenters. The minimum Gasteiger partial charge on any atom is -0.480 e. The molecule has 0 saturated heterocycles. The second-order valence-corrected chi connectivity index (χ2v) is 3.54. The summed E-state index contributed by atoms with van der Waals surface area (Å²) in [7, 11) is 0. The van der Waals surface area contributed by atoms with Crippen LogP contribution >= 0.6 is 0 Å². The van der Waals surface area contributed by atoms with Crippen LogP contribution in [0.1, 0.15) is 13.3 Å². The number of amides is 3. The molecule has 0 aromatic rings. The van der Waals surface area contributed by atoms with Crippen molar-refractivity contribution in [3.05, 3.63) is 0 Å². The summed E-state index contributed by atoms with van der Waals surface area (Å²) in [5.74, 6) is -1.73. The zero-order valence-electron chi connectivity index (χ0n) is 10.3. The zero-order valence-corrected chi connectivity index (χ0v) is 10.3. The molecule has 0 atom stereocenters. The first kappa shape index (κ1) is 16.2. The van der Waals surface area contributed by atoms with E-state index in [-0.39, 0.29) is 19.7 Å². The van der Waals surface area contributed by atoms with Gasteiger partial charge in [-0.25, -0.2) is 4.79 Å². The van der Waals surface area contributed by atoms with Crippen LogP contribution in [0.15, 0.2) is 0 Å². The van der Waals surface area contributed by atoms with E-state index in [1.165, 1.54) is 4.90 Å². The third-order valence-corrected chi connectivity index (χ3v) is 1.99. The molecule has 0 radical (unpaired) electrons. The van der Waals surface area contributed by atoms with Gasteiger partial charge in [-0.15, -0.1) is 0 Å². The summed E-state index contributed by atoms with van der Waals surface area (Å²) in [6, 6.07) is -0.462. The molecule has 8 heteroatoms. The van der Waals surface area contributed by atoms with Crippen molar-refractivity contribution >= 4 is 17.9 Å². The molecule has 3 amide bonds. The average Bonchev–Trinajstić information content (AvgIpc) is 2.33. The highest BCUT2D eigenvalue weighted by atomic mass is 16.4. The van der Waals surface area contributed by atoms with Gasteiger partial charge >= 0.3 is 12.0 Å².